The number of rotatable bonds is 4. The van der Waals surface area contributed by atoms with Gasteiger partial charge in [-0.2, -0.15) is 5.21 Å². The van der Waals surface area contributed by atoms with Gasteiger partial charge in [-0.05, 0) is 41.6 Å². The summed E-state index contributed by atoms with van der Waals surface area (Å²) in [6, 6.07) is 10.7. The normalized spacial score (nSPS) is 16.3. The van der Waals surface area contributed by atoms with Crippen LogP contribution in [0.15, 0.2) is 36.4 Å². The van der Waals surface area contributed by atoms with E-state index in [1.807, 2.05) is 29.8 Å². The lowest BCUT2D eigenvalue weighted by Crippen LogP contribution is -2.61. The van der Waals surface area contributed by atoms with Crippen LogP contribution in [0.25, 0.3) is 22.3 Å². The molecule has 0 unspecified atom stereocenters. The zero-order chi connectivity index (χ0) is 25.7. The fourth-order valence-electron chi connectivity index (χ4n) is 5.15. The maximum absolute atomic E-state index is 13.5. The summed E-state index contributed by atoms with van der Waals surface area (Å²) in [6.45, 7) is 0.844. The number of aromatic nitrogens is 5. The molecule has 190 valence electrons. The van der Waals surface area contributed by atoms with E-state index in [2.05, 4.69) is 25.9 Å². The molecule has 4 aromatic rings. The number of nitrogens with zero attached hydrogens (tertiary/aromatic N) is 5. The van der Waals surface area contributed by atoms with Gasteiger partial charge in [0.1, 0.15) is 22.9 Å². The van der Waals surface area contributed by atoms with Gasteiger partial charge in [0.15, 0.2) is 5.72 Å². The highest BCUT2D eigenvalue weighted by molar-refractivity contribution is 6.02. The van der Waals surface area contributed by atoms with Crippen LogP contribution in [0.5, 0.6) is 17.2 Å². The minimum absolute atomic E-state index is 0.107. The Morgan fingerprint density at radius 1 is 1.08 bits per heavy atom. The Morgan fingerprint density at radius 3 is 2.54 bits per heavy atom. The molecule has 2 aliphatic rings. The van der Waals surface area contributed by atoms with Crippen molar-refractivity contribution >= 4 is 22.7 Å². The number of piperidine rings is 1. The van der Waals surface area contributed by atoms with E-state index in [4.69, 9.17) is 14.2 Å². The molecular formula is C25H25N7O5. The summed E-state index contributed by atoms with van der Waals surface area (Å²) in [6.07, 6.45) is 0.903. The fraction of sp³-hybridized carbons (Fsp3) is 0.320. The number of tetrazole rings is 1. The largest absolute Gasteiger partial charge is 0.496 e. The first-order chi connectivity index (χ1) is 17.9. The first-order valence-electron chi connectivity index (χ1n) is 11.8. The molecule has 4 heterocycles. The number of aryl methyl sites for hydroxylation is 1. The van der Waals surface area contributed by atoms with Crippen LogP contribution in [0.1, 0.15) is 33.7 Å². The Balaban J connectivity index is 1.22. The van der Waals surface area contributed by atoms with E-state index in [1.165, 1.54) is 0 Å². The molecule has 0 bridgehead atoms. The highest BCUT2D eigenvalue weighted by atomic mass is 16.5. The second-order valence-electron chi connectivity index (χ2n) is 9.11. The van der Waals surface area contributed by atoms with E-state index in [9.17, 15) is 9.59 Å². The van der Waals surface area contributed by atoms with Crippen LogP contribution in [0.4, 0.5) is 0 Å². The standard InChI is InChI=1S/C25H25N7O5/c1-31-17(13-15-18(35-2)6-7-20(36-3)21(15)31)24(34)32-10-8-25(9-11-32)26-23(33)16-12-14(4-5-19(16)37-25)22-27-29-30-28-22/h4-7,12-13H,8-11H2,1-3H3,(H,26,33)(H,27,28,29,30). The van der Waals surface area contributed by atoms with Gasteiger partial charge < -0.3 is 29.0 Å². The molecule has 2 aromatic carbocycles. The van der Waals surface area contributed by atoms with E-state index >= 15 is 0 Å². The smallest absolute Gasteiger partial charge is 0.270 e. The number of methoxy groups -OCH3 is 2. The number of hydrogen-bond acceptors (Lipinski definition) is 8. The summed E-state index contributed by atoms with van der Waals surface area (Å²) in [5.74, 6) is 1.87. The third-order valence-corrected chi connectivity index (χ3v) is 7.11. The van der Waals surface area contributed by atoms with Crippen LogP contribution < -0.4 is 19.5 Å². The number of benzene rings is 2. The first-order valence-corrected chi connectivity index (χ1v) is 11.8. The molecule has 0 aliphatic carbocycles. The Hall–Kier alpha value is -4.61. The minimum atomic E-state index is -0.875. The average Bonchev–Trinajstić information content (AvgIpc) is 3.57. The molecule has 1 fully saturated rings. The SMILES string of the molecule is COc1ccc(OC)c2c1cc(C(=O)N1CCC3(CC1)NC(=O)c1cc(-c4nn[nH]n4)ccc1O3)n2C. The Labute approximate surface area is 211 Å². The van der Waals surface area contributed by atoms with Crippen molar-refractivity contribution in [3.8, 4) is 28.6 Å². The molecule has 2 N–H and O–H groups in total. The van der Waals surface area contributed by atoms with E-state index in [0.29, 0.717) is 65.8 Å². The maximum atomic E-state index is 13.5. The molecule has 12 nitrogen and oxygen atoms in total. The van der Waals surface area contributed by atoms with Crippen molar-refractivity contribution in [2.45, 2.75) is 18.6 Å². The topological polar surface area (TPSA) is 136 Å². The van der Waals surface area contributed by atoms with E-state index in [1.54, 1.807) is 37.3 Å². The monoisotopic (exact) mass is 503 g/mol. The van der Waals surface area contributed by atoms with Crippen LogP contribution in [0, 0.1) is 0 Å². The molecule has 0 atom stereocenters. The van der Waals surface area contributed by atoms with Crippen molar-refractivity contribution < 1.29 is 23.8 Å². The highest BCUT2D eigenvalue weighted by Gasteiger charge is 2.43. The number of amides is 2. The van der Waals surface area contributed by atoms with Crippen LogP contribution in [0.3, 0.4) is 0 Å². The van der Waals surface area contributed by atoms with Gasteiger partial charge in [0.05, 0.1) is 25.3 Å². The maximum Gasteiger partial charge on any atom is 0.270 e. The predicted octanol–water partition coefficient (Wildman–Crippen LogP) is 2.13. The number of fused-ring (bicyclic) bond motifs is 2. The number of ether oxygens (including phenoxy) is 3. The molecule has 37 heavy (non-hydrogen) atoms. The number of carbonyl (C=O) groups is 2. The molecule has 2 aliphatic heterocycles. The van der Waals surface area contributed by atoms with Gasteiger partial charge in [-0.3, -0.25) is 9.59 Å². The molecule has 12 heteroatoms. The van der Waals surface area contributed by atoms with E-state index in [0.717, 1.165) is 10.9 Å². The number of nitrogens with one attached hydrogen (secondary N) is 2. The number of H-pyrrole nitrogens is 1. The Kier molecular flexibility index (Phi) is 5.25. The van der Waals surface area contributed by atoms with Gasteiger partial charge in [0.2, 0.25) is 5.82 Å². The van der Waals surface area contributed by atoms with Crippen molar-refractivity contribution in [3.05, 3.63) is 47.7 Å². The van der Waals surface area contributed by atoms with Crippen molar-refractivity contribution in [3.63, 3.8) is 0 Å². The van der Waals surface area contributed by atoms with Gasteiger partial charge in [0, 0.05) is 43.9 Å². The number of carbonyl (C=O) groups excluding carboxylic acids is 2. The molecule has 2 amide bonds. The summed E-state index contributed by atoms with van der Waals surface area (Å²) in [5.41, 5.74) is 1.51. The Bertz CT molecular complexity index is 1520. The van der Waals surface area contributed by atoms with Crippen molar-refractivity contribution in [2.75, 3.05) is 27.3 Å². The lowest BCUT2D eigenvalue weighted by Gasteiger charge is -2.44. The molecule has 0 saturated carbocycles. The molecule has 1 saturated heterocycles. The van der Waals surface area contributed by atoms with E-state index in [-0.39, 0.29) is 11.8 Å². The number of likely N-dealkylation sites (tertiary alicyclic amines) is 1. The first kappa shape index (κ1) is 22.8. The van der Waals surface area contributed by atoms with Gasteiger partial charge in [0.25, 0.3) is 11.8 Å². The van der Waals surface area contributed by atoms with Crippen LogP contribution >= 0.6 is 0 Å². The van der Waals surface area contributed by atoms with E-state index < -0.39 is 5.72 Å². The molecule has 6 rings (SSSR count). The van der Waals surface area contributed by atoms with Crippen molar-refractivity contribution in [2.24, 2.45) is 7.05 Å². The zero-order valence-electron chi connectivity index (χ0n) is 20.6. The van der Waals surface area contributed by atoms with Crippen molar-refractivity contribution in [1.29, 1.82) is 0 Å². The molecule has 0 radical (unpaired) electrons. The van der Waals surface area contributed by atoms with Gasteiger partial charge in [-0.15, -0.1) is 10.2 Å². The summed E-state index contributed by atoms with van der Waals surface area (Å²) in [5, 5.41) is 17.7. The summed E-state index contributed by atoms with van der Waals surface area (Å²) in [7, 11) is 5.04. The van der Waals surface area contributed by atoms with Crippen LogP contribution in [0.2, 0.25) is 0 Å². The molecule has 1 spiro atoms. The second kappa shape index (κ2) is 8.50. The van der Waals surface area contributed by atoms with Crippen LogP contribution in [-0.4, -0.2) is 74.9 Å². The zero-order valence-corrected chi connectivity index (χ0v) is 20.6. The minimum Gasteiger partial charge on any atom is -0.496 e. The third kappa shape index (κ3) is 3.63. The van der Waals surface area contributed by atoms with Gasteiger partial charge in [-0.25, -0.2) is 0 Å². The Morgan fingerprint density at radius 2 is 1.84 bits per heavy atom. The third-order valence-electron chi connectivity index (χ3n) is 7.11. The summed E-state index contributed by atoms with van der Waals surface area (Å²) < 4.78 is 19.1. The van der Waals surface area contributed by atoms with Crippen molar-refractivity contribution in [1.82, 2.24) is 35.4 Å². The number of hydrogen-bond donors (Lipinski definition) is 2. The highest BCUT2D eigenvalue weighted by Crippen LogP contribution is 2.38. The van der Waals surface area contributed by atoms with Gasteiger partial charge in [-0.1, -0.05) is 0 Å². The lowest BCUT2D eigenvalue weighted by atomic mass is 9.96. The fourth-order valence-corrected chi connectivity index (χ4v) is 5.15. The number of aromatic amines is 1. The van der Waals surface area contributed by atoms with Gasteiger partial charge >= 0.3 is 0 Å². The average molecular weight is 504 g/mol. The van der Waals surface area contributed by atoms with Crippen LogP contribution in [-0.2, 0) is 7.05 Å². The molecular weight excluding hydrogens is 478 g/mol. The summed E-state index contributed by atoms with van der Waals surface area (Å²) >= 11 is 0. The lowest BCUT2D eigenvalue weighted by molar-refractivity contribution is -0.0247. The second-order valence-corrected chi connectivity index (χ2v) is 9.11. The predicted molar refractivity (Wildman–Crippen MR) is 132 cm³/mol. The summed E-state index contributed by atoms with van der Waals surface area (Å²) in [4.78, 5) is 28.3. The molecule has 2 aromatic heterocycles. The quantitative estimate of drug-likeness (QED) is 0.432.